The molecule has 4 heterocycles. The molecule has 1 N–H and O–H groups in total. The molecule has 1 aliphatic rings. The summed E-state index contributed by atoms with van der Waals surface area (Å²) in [7, 11) is 0. The SMILES string of the molecule is Cc1nc(CC(=O)N2CCCC[C@@H]2c2cc(=O)n3[nH]ccc3n2)cs1. The Bertz CT molecular complexity index is 973. The number of aromatic amines is 1. The van der Waals surface area contributed by atoms with Gasteiger partial charge in [-0.15, -0.1) is 11.3 Å². The van der Waals surface area contributed by atoms with Crippen molar-refractivity contribution in [1.29, 1.82) is 0 Å². The number of aromatic nitrogens is 4. The number of thiazole rings is 1. The molecule has 130 valence electrons. The number of rotatable bonds is 3. The molecule has 3 aromatic heterocycles. The molecule has 8 heteroatoms. The van der Waals surface area contributed by atoms with Gasteiger partial charge in [-0.05, 0) is 26.2 Å². The van der Waals surface area contributed by atoms with E-state index in [2.05, 4.69) is 15.1 Å². The molecule has 0 aromatic carbocycles. The Morgan fingerprint density at radius 2 is 2.28 bits per heavy atom. The first-order valence-corrected chi connectivity index (χ1v) is 9.27. The van der Waals surface area contributed by atoms with E-state index in [1.807, 2.05) is 17.2 Å². The van der Waals surface area contributed by atoms with E-state index < -0.39 is 0 Å². The maximum absolute atomic E-state index is 12.8. The van der Waals surface area contributed by atoms with Gasteiger partial charge in [-0.2, -0.15) is 0 Å². The van der Waals surface area contributed by atoms with Crippen molar-refractivity contribution in [1.82, 2.24) is 24.5 Å². The number of carbonyl (C=O) groups excluding carboxylic acids is 1. The van der Waals surface area contributed by atoms with E-state index in [0.29, 0.717) is 24.3 Å². The van der Waals surface area contributed by atoms with Crippen LogP contribution in [0.4, 0.5) is 0 Å². The summed E-state index contributed by atoms with van der Waals surface area (Å²) in [6, 6.07) is 3.15. The molecular formula is C17H19N5O2S. The lowest BCUT2D eigenvalue weighted by molar-refractivity contribution is -0.134. The molecule has 0 spiro atoms. The number of likely N-dealkylation sites (tertiary alicyclic amines) is 1. The van der Waals surface area contributed by atoms with Gasteiger partial charge in [0.05, 0.1) is 28.9 Å². The third kappa shape index (κ3) is 3.09. The molecule has 1 amide bonds. The number of nitrogens with zero attached hydrogens (tertiary/aromatic N) is 4. The largest absolute Gasteiger partial charge is 0.334 e. The molecule has 25 heavy (non-hydrogen) atoms. The molecule has 3 aromatic rings. The van der Waals surface area contributed by atoms with E-state index in [4.69, 9.17) is 0 Å². The maximum atomic E-state index is 12.8. The van der Waals surface area contributed by atoms with Crippen molar-refractivity contribution in [3.63, 3.8) is 0 Å². The molecule has 0 saturated carbocycles. The smallest absolute Gasteiger partial charge is 0.272 e. The summed E-state index contributed by atoms with van der Waals surface area (Å²) in [5.74, 6) is 0.0473. The molecule has 0 aliphatic carbocycles. The van der Waals surface area contributed by atoms with Crippen LogP contribution in [0.1, 0.15) is 41.7 Å². The van der Waals surface area contributed by atoms with E-state index in [0.717, 1.165) is 30.0 Å². The zero-order chi connectivity index (χ0) is 17.4. The lowest BCUT2D eigenvalue weighted by atomic mass is 9.98. The Hall–Kier alpha value is -2.48. The molecule has 0 radical (unpaired) electrons. The van der Waals surface area contributed by atoms with Crippen LogP contribution in [0, 0.1) is 6.92 Å². The van der Waals surface area contributed by atoms with Crippen LogP contribution in [-0.2, 0) is 11.2 Å². The van der Waals surface area contributed by atoms with Crippen molar-refractivity contribution in [3.8, 4) is 0 Å². The molecule has 1 saturated heterocycles. The van der Waals surface area contributed by atoms with Crippen LogP contribution in [0.2, 0.25) is 0 Å². The third-order valence-corrected chi connectivity index (χ3v) is 5.39. The van der Waals surface area contributed by atoms with E-state index in [-0.39, 0.29) is 17.5 Å². The van der Waals surface area contributed by atoms with E-state index >= 15 is 0 Å². The highest BCUT2D eigenvalue weighted by atomic mass is 32.1. The van der Waals surface area contributed by atoms with Gasteiger partial charge in [0.2, 0.25) is 5.91 Å². The summed E-state index contributed by atoms with van der Waals surface area (Å²) in [6.07, 6.45) is 4.81. The van der Waals surface area contributed by atoms with Crippen molar-refractivity contribution in [2.75, 3.05) is 6.54 Å². The normalized spacial score (nSPS) is 18.0. The van der Waals surface area contributed by atoms with Gasteiger partial charge in [-0.25, -0.2) is 14.5 Å². The molecule has 0 bridgehead atoms. The van der Waals surface area contributed by atoms with Gasteiger partial charge in [0.25, 0.3) is 5.56 Å². The fraction of sp³-hybridized carbons (Fsp3) is 0.412. The lowest BCUT2D eigenvalue weighted by Crippen LogP contribution is -2.40. The van der Waals surface area contributed by atoms with Crippen LogP contribution in [-0.4, -0.2) is 36.9 Å². The van der Waals surface area contributed by atoms with Gasteiger partial charge in [-0.3, -0.25) is 14.7 Å². The number of amides is 1. The van der Waals surface area contributed by atoms with Crippen molar-refractivity contribution in [2.24, 2.45) is 0 Å². The summed E-state index contributed by atoms with van der Waals surface area (Å²) < 4.78 is 1.40. The molecule has 1 aliphatic heterocycles. The van der Waals surface area contributed by atoms with Crippen LogP contribution < -0.4 is 5.56 Å². The number of fused-ring (bicyclic) bond motifs is 1. The van der Waals surface area contributed by atoms with Gasteiger partial charge in [0, 0.05) is 30.3 Å². The third-order valence-electron chi connectivity index (χ3n) is 4.56. The van der Waals surface area contributed by atoms with Gasteiger partial charge in [0.15, 0.2) is 5.65 Å². The highest BCUT2D eigenvalue weighted by Crippen LogP contribution is 2.30. The minimum absolute atomic E-state index is 0.0473. The van der Waals surface area contributed by atoms with Crippen LogP contribution >= 0.6 is 11.3 Å². The highest BCUT2D eigenvalue weighted by molar-refractivity contribution is 7.09. The summed E-state index contributed by atoms with van der Waals surface area (Å²) in [6.45, 7) is 2.63. The lowest BCUT2D eigenvalue weighted by Gasteiger charge is -2.35. The zero-order valence-corrected chi connectivity index (χ0v) is 14.8. The summed E-state index contributed by atoms with van der Waals surface area (Å²) >= 11 is 1.55. The monoisotopic (exact) mass is 357 g/mol. The summed E-state index contributed by atoms with van der Waals surface area (Å²) in [5, 5.41) is 5.74. The predicted molar refractivity (Wildman–Crippen MR) is 94.7 cm³/mol. The zero-order valence-electron chi connectivity index (χ0n) is 13.9. The predicted octanol–water partition coefficient (Wildman–Crippen LogP) is 2.08. The van der Waals surface area contributed by atoms with Crippen molar-refractivity contribution in [3.05, 3.63) is 50.5 Å². The van der Waals surface area contributed by atoms with Crippen LogP contribution in [0.25, 0.3) is 5.65 Å². The fourth-order valence-electron chi connectivity index (χ4n) is 3.40. The van der Waals surface area contributed by atoms with Gasteiger partial charge in [-0.1, -0.05) is 0 Å². The quantitative estimate of drug-likeness (QED) is 0.778. The second-order valence-corrected chi connectivity index (χ2v) is 7.37. The van der Waals surface area contributed by atoms with E-state index in [1.165, 1.54) is 10.6 Å². The Morgan fingerprint density at radius 3 is 3.08 bits per heavy atom. The van der Waals surface area contributed by atoms with Crippen molar-refractivity contribution in [2.45, 2.75) is 38.6 Å². The maximum Gasteiger partial charge on any atom is 0.272 e. The van der Waals surface area contributed by atoms with Gasteiger partial charge < -0.3 is 4.90 Å². The molecule has 7 nitrogen and oxygen atoms in total. The Kier molecular flexibility index (Phi) is 4.12. The van der Waals surface area contributed by atoms with Gasteiger partial charge >= 0.3 is 0 Å². The number of piperidine rings is 1. The number of hydrogen-bond acceptors (Lipinski definition) is 5. The minimum Gasteiger partial charge on any atom is -0.334 e. The first-order valence-electron chi connectivity index (χ1n) is 8.39. The second kappa shape index (κ2) is 6.44. The Balaban J connectivity index is 1.63. The average molecular weight is 357 g/mol. The molecule has 0 unspecified atom stereocenters. The average Bonchev–Trinajstić information content (AvgIpc) is 3.24. The number of nitrogens with one attached hydrogen (secondary N) is 1. The van der Waals surface area contributed by atoms with Gasteiger partial charge in [0.1, 0.15) is 0 Å². The van der Waals surface area contributed by atoms with Crippen LogP contribution in [0.15, 0.2) is 28.5 Å². The number of hydrogen-bond donors (Lipinski definition) is 1. The minimum atomic E-state index is -0.155. The topological polar surface area (TPSA) is 83.4 Å². The number of aryl methyl sites for hydroxylation is 1. The summed E-state index contributed by atoms with van der Waals surface area (Å²) in [5.41, 5.74) is 1.91. The number of H-pyrrole nitrogens is 1. The Morgan fingerprint density at radius 1 is 1.40 bits per heavy atom. The Labute approximate surface area is 148 Å². The second-order valence-electron chi connectivity index (χ2n) is 6.31. The van der Waals surface area contributed by atoms with Crippen LogP contribution in [0.5, 0.6) is 0 Å². The van der Waals surface area contributed by atoms with Crippen molar-refractivity contribution >= 4 is 22.9 Å². The molecule has 1 fully saturated rings. The summed E-state index contributed by atoms with van der Waals surface area (Å²) in [4.78, 5) is 35.9. The number of carbonyl (C=O) groups is 1. The first kappa shape index (κ1) is 16.0. The highest BCUT2D eigenvalue weighted by Gasteiger charge is 2.29. The van der Waals surface area contributed by atoms with Crippen LogP contribution in [0.3, 0.4) is 0 Å². The van der Waals surface area contributed by atoms with E-state index in [9.17, 15) is 9.59 Å². The first-order chi connectivity index (χ1) is 12.1. The fourth-order valence-corrected chi connectivity index (χ4v) is 4.01. The molecular weight excluding hydrogens is 338 g/mol. The standard InChI is InChI=1S/C17H19N5O2S/c1-11-19-12(10-25-11)8-16(23)21-7-3-2-4-14(21)13-9-17(24)22-15(20-13)5-6-18-22/h5-6,9-10,14,18H,2-4,7-8H2,1H3/t14-/m1/s1. The molecule has 1 atom stereocenters. The molecule has 4 rings (SSSR count). The van der Waals surface area contributed by atoms with E-state index in [1.54, 1.807) is 23.6 Å². The van der Waals surface area contributed by atoms with Crippen molar-refractivity contribution < 1.29 is 4.79 Å².